The molecule has 0 unspecified atom stereocenters. The van der Waals surface area contributed by atoms with Crippen LogP contribution in [0.15, 0.2) is 11.6 Å². The molecular weight excluding hydrogens is 592 g/mol. The van der Waals surface area contributed by atoms with Gasteiger partial charge >= 0.3 is 5.97 Å². The van der Waals surface area contributed by atoms with Crippen LogP contribution in [-0.4, -0.2) is 97.8 Å². The molecule has 5 aliphatic carbocycles. The van der Waals surface area contributed by atoms with Gasteiger partial charge in [0, 0.05) is 5.41 Å². The van der Waals surface area contributed by atoms with Crippen LogP contribution in [0.3, 0.4) is 0 Å². The van der Waals surface area contributed by atoms with Crippen LogP contribution in [0, 0.1) is 50.2 Å². The maximum Gasteiger partial charge on any atom is 0.310 e. The van der Waals surface area contributed by atoms with E-state index < -0.39 is 66.3 Å². The van der Waals surface area contributed by atoms with E-state index in [2.05, 4.69) is 40.7 Å². The molecule has 0 aromatic heterocycles. The molecule has 262 valence electrons. The van der Waals surface area contributed by atoms with Gasteiger partial charge in [0.15, 0.2) is 6.29 Å². The van der Waals surface area contributed by atoms with Crippen molar-refractivity contribution < 1.29 is 50.0 Å². The molecule has 6 aliphatic rings. The van der Waals surface area contributed by atoms with Gasteiger partial charge in [0.05, 0.1) is 30.8 Å². The Morgan fingerprint density at radius 3 is 2.20 bits per heavy atom. The number of hydrogen-bond donors (Lipinski definition) is 7. The van der Waals surface area contributed by atoms with Gasteiger partial charge in [0.1, 0.15) is 24.4 Å². The number of aliphatic hydroxyl groups excluding tert-OH is 6. The first kappa shape index (κ1) is 34.7. The van der Waals surface area contributed by atoms with Crippen LogP contribution in [0.4, 0.5) is 0 Å². The zero-order chi connectivity index (χ0) is 33.8. The molecule has 5 fully saturated rings. The number of carboxylic acid groups (broad SMARTS) is 1. The maximum absolute atomic E-state index is 13.0. The molecule has 6 rings (SSSR count). The summed E-state index contributed by atoms with van der Waals surface area (Å²) < 4.78 is 11.9. The van der Waals surface area contributed by atoms with Crippen molar-refractivity contribution in [2.24, 2.45) is 50.2 Å². The van der Waals surface area contributed by atoms with Crippen molar-refractivity contribution >= 4 is 5.97 Å². The quantitative estimate of drug-likeness (QED) is 0.173. The third-order valence-corrected chi connectivity index (χ3v) is 15.2. The average molecular weight is 651 g/mol. The first-order valence-corrected chi connectivity index (χ1v) is 17.5. The molecule has 1 saturated heterocycles. The summed E-state index contributed by atoms with van der Waals surface area (Å²) in [6.45, 7) is 12.6. The highest BCUT2D eigenvalue weighted by Crippen LogP contribution is 2.76. The number of fused-ring (bicyclic) bond motifs is 7. The molecule has 0 spiro atoms. The number of aliphatic carboxylic acids is 1. The van der Waals surface area contributed by atoms with Gasteiger partial charge in [-0.15, -0.1) is 0 Å². The van der Waals surface area contributed by atoms with E-state index in [0.29, 0.717) is 19.3 Å². The SMILES string of the molecule is CC1(C)CC[C@]2(C(=O)O)CC[C@]3(C)C(=CC[C@@H]4[C@@]5(C)C[C@H](O)[C@H](O[C@@H]6O[C@H](CO)[C@@H](O)[C@H](O)[C@H]6O)[C@@](C)(CO)[C@@H]5CC[C@]43C)[C@H]2C1. The van der Waals surface area contributed by atoms with E-state index in [1.165, 1.54) is 5.57 Å². The lowest BCUT2D eigenvalue weighted by Crippen LogP contribution is -2.69. The van der Waals surface area contributed by atoms with Crippen molar-refractivity contribution in [3.8, 4) is 0 Å². The summed E-state index contributed by atoms with van der Waals surface area (Å²) in [6.07, 6.45) is 0.0131. The molecule has 0 bridgehead atoms. The molecule has 1 aliphatic heterocycles. The normalized spacial score (nSPS) is 54.8. The minimum absolute atomic E-state index is 0.00627. The summed E-state index contributed by atoms with van der Waals surface area (Å²) in [5.74, 6) is -0.518. The molecule has 0 aromatic rings. The third-order valence-electron chi connectivity index (χ3n) is 15.2. The molecule has 46 heavy (non-hydrogen) atoms. The van der Waals surface area contributed by atoms with Crippen LogP contribution in [0.1, 0.15) is 99.3 Å². The summed E-state index contributed by atoms with van der Waals surface area (Å²) in [5, 5.41) is 74.6. The molecule has 1 heterocycles. The van der Waals surface area contributed by atoms with Gasteiger partial charge in [-0.1, -0.05) is 53.2 Å². The van der Waals surface area contributed by atoms with Gasteiger partial charge in [0.2, 0.25) is 0 Å². The molecule has 0 radical (unpaired) electrons. The monoisotopic (exact) mass is 650 g/mol. The molecule has 10 nitrogen and oxygen atoms in total. The Morgan fingerprint density at radius 1 is 0.891 bits per heavy atom. The molecule has 10 heteroatoms. The second-order valence-corrected chi connectivity index (χ2v) is 17.9. The number of carbonyl (C=O) groups is 1. The van der Waals surface area contributed by atoms with E-state index >= 15 is 0 Å². The zero-order valence-corrected chi connectivity index (χ0v) is 28.5. The predicted molar refractivity (Wildman–Crippen MR) is 168 cm³/mol. The number of carboxylic acids is 1. The van der Waals surface area contributed by atoms with E-state index in [4.69, 9.17) is 9.47 Å². The fourth-order valence-corrected chi connectivity index (χ4v) is 12.3. The van der Waals surface area contributed by atoms with Crippen molar-refractivity contribution in [3.05, 3.63) is 11.6 Å². The number of allylic oxidation sites excluding steroid dienone is 2. The van der Waals surface area contributed by atoms with Crippen LogP contribution < -0.4 is 0 Å². The van der Waals surface area contributed by atoms with E-state index in [1.807, 2.05) is 6.92 Å². The highest BCUT2D eigenvalue weighted by Gasteiger charge is 2.71. The maximum atomic E-state index is 13.0. The summed E-state index contributed by atoms with van der Waals surface area (Å²) in [4.78, 5) is 13.0. The predicted octanol–water partition coefficient (Wildman–Crippen LogP) is 3.00. The fourth-order valence-electron chi connectivity index (χ4n) is 12.3. The Bertz CT molecular complexity index is 1240. The summed E-state index contributed by atoms with van der Waals surface area (Å²) in [6, 6.07) is 0. The largest absolute Gasteiger partial charge is 0.481 e. The van der Waals surface area contributed by atoms with Crippen molar-refractivity contribution in [2.75, 3.05) is 13.2 Å². The van der Waals surface area contributed by atoms with E-state index in [-0.39, 0.29) is 46.0 Å². The molecular formula is C36H58O10. The van der Waals surface area contributed by atoms with Gasteiger partial charge in [-0.3, -0.25) is 4.79 Å². The molecule has 0 aromatic carbocycles. The van der Waals surface area contributed by atoms with E-state index in [9.17, 15) is 40.5 Å². The van der Waals surface area contributed by atoms with Crippen LogP contribution in [0.2, 0.25) is 0 Å². The molecule has 0 amide bonds. The smallest absolute Gasteiger partial charge is 0.310 e. The number of rotatable bonds is 5. The third kappa shape index (κ3) is 4.60. The van der Waals surface area contributed by atoms with Crippen LogP contribution >= 0.6 is 0 Å². The number of aliphatic hydroxyl groups is 6. The minimum atomic E-state index is -1.60. The lowest BCUT2D eigenvalue weighted by molar-refractivity contribution is -0.345. The standard InChI is InChI=1S/C36H58O10/c1-31(2)11-13-36(30(43)44)14-12-34(5)19(20(36)15-31)7-8-24-32(3)16-21(39)28(33(4,18-38)23(32)9-10-35(24,34)6)46-29-27(42)26(41)25(40)22(17-37)45-29/h7,20-29,37-42H,8-18H2,1-6H3,(H,43,44)/t20-,21+,22-,23-,24-,25-,26+,27-,28+,29+,32+,33+,34-,35-,36+/m1/s1. The van der Waals surface area contributed by atoms with Crippen molar-refractivity contribution in [2.45, 2.75) is 142 Å². The topological polar surface area (TPSA) is 177 Å². The van der Waals surface area contributed by atoms with E-state index in [0.717, 1.165) is 38.5 Å². The Labute approximate surface area is 273 Å². The second kappa shape index (κ2) is 11.2. The first-order valence-electron chi connectivity index (χ1n) is 17.5. The van der Waals surface area contributed by atoms with Gasteiger partial charge in [-0.2, -0.15) is 0 Å². The van der Waals surface area contributed by atoms with Crippen LogP contribution in [-0.2, 0) is 14.3 Å². The summed E-state index contributed by atoms with van der Waals surface area (Å²) in [5.41, 5.74) is -0.930. The Balaban J connectivity index is 1.34. The van der Waals surface area contributed by atoms with Crippen molar-refractivity contribution in [1.29, 1.82) is 0 Å². The van der Waals surface area contributed by atoms with Gasteiger partial charge in [-0.05, 0) is 97.2 Å². The van der Waals surface area contributed by atoms with Crippen LogP contribution in [0.25, 0.3) is 0 Å². The van der Waals surface area contributed by atoms with Gasteiger partial charge in [0.25, 0.3) is 0 Å². The average Bonchev–Trinajstić information content (AvgIpc) is 2.98. The molecule has 7 N–H and O–H groups in total. The summed E-state index contributed by atoms with van der Waals surface area (Å²) in [7, 11) is 0. The van der Waals surface area contributed by atoms with Crippen LogP contribution in [0.5, 0.6) is 0 Å². The molecule has 4 saturated carbocycles. The lowest BCUT2D eigenvalue weighted by Gasteiger charge is -2.71. The van der Waals surface area contributed by atoms with Crippen molar-refractivity contribution in [1.82, 2.24) is 0 Å². The Hall–Kier alpha value is -1.11. The fraction of sp³-hybridized carbons (Fsp3) is 0.917. The Kier molecular flexibility index (Phi) is 8.46. The molecule has 15 atom stereocenters. The van der Waals surface area contributed by atoms with Gasteiger partial charge in [-0.25, -0.2) is 0 Å². The highest BCUT2D eigenvalue weighted by molar-refractivity contribution is 5.76. The minimum Gasteiger partial charge on any atom is -0.481 e. The van der Waals surface area contributed by atoms with Gasteiger partial charge < -0.3 is 45.2 Å². The lowest BCUT2D eigenvalue weighted by atomic mass is 9.33. The van der Waals surface area contributed by atoms with Crippen molar-refractivity contribution in [3.63, 3.8) is 0 Å². The number of hydrogen-bond acceptors (Lipinski definition) is 9. The second-order valence-electron chi connectivity index (χ2n) is 17.9. The Morgan fingerprint density at radius 2 is 1.57 bits per heavy atom. The first-order chi connectivity index (χ1) is 21.3. The zero-order valence-electron chi connectivity index (χ0n) is 28.5. The van der Waals surface area contributed by atoms with E-state index in [1.54, 1.807) is 0 Å². The highest BCUT2D eigenvalue weighted by atomic mass is 16.7. The summed E-state index contributed by atoms with van der Waals surface area (Å²) >= 11 is 0. The number of ether oxygens (including phenoxy) is 2.